The second-order valence-electron chi connectivity index (χ2n) is 4.42. The smallest absolute Gasteiger partial charge is 0.255 e. The van der Waals surface area contributed by atoms with Crippen LogP contribution in [0.4, 0.5) is 0 Å². The van der Waals surface area contributed by atoms with Gasteiger partial charge in [-0.25, -0.2) is 0 Å². The molecule has 0 aliphatic rings. The molecule has 1 rings (SSSR count). The van der Waals surface area contributed by atoms with Crippen LogP contribution in [0.15, 0.2) is 18.2 Å². The molecule has 18 heavy (non-hydrogen) atoms. The highest BCUT2D eigenvalue weighted by Crippen LogP contribution is 2.19. The Morgan fingerprint density at radius 2 is 1.94 bits per heavy atom. The molecule has 4 N–H and O–H groups in total. The van der Waals surface area contributed by atoms with Crippen LogP contribution in [-0.2, 0) is 0 Å². The van der Waals surface area contributed by atoms with Gasteiger partial charge in [-0.05, 0) is 25.5 Å². The van der Waals surface area contributed by atoms with E-state index in [2.05, 4.69) is 5.32 Å². The van der Waals surface area contributed by atoms with E-state index < -0.39 is 11.4 Å². The summed E-state index contributed by atoms with van der Waals surface area (Å²) in [6, 6.07) is 4.69. The minimum Gasteiger partial charge on any atom is -0.507 e. The molecule has 5 heteroatoms. The lowest BCUT2D eigenvalue weighted by molar-refractivity contribution is 0.0651. The van der Waals surface area contributed by atoms with Crippen molar-refractivity contribution in [3.8, 4) is 5.75 Å². The third kappa shape index (κ3) is 3.00. The number of aliphatic hydroxyl groups is 2. The van der Waals surface area contributed by atoms with Crippen molar-refractivity contribution >= 4 is 5.91 Å². The summed E-state index contributed by atoms with van der Waals surface area (Å²) in [6.07, 6.45) is 0.387. The molecule has 0 aromatic heterocycles. The van der Waals surface area contributed by atoms with Gasteiger partial charge in [0, 0.05) is 0 Å². The first-order valence-corrected chi connectivity index (χ1v) is 5.82. The van der Waals surface area contributed by atoms with E-state index >= 15 is 0 Å². The first-order valence-electron chi connectivity index (χ1n) is 5.82. The van der Waals surface area contributed by atoms with E-state index in [1.165, 1.54) is 6.07 Å². The monoisotopic (exact) mass is 253 g/mol. The summed E-state index contributed by atoms with van der Waals surface area (Å²) in [4.78, 5) is 12.0. The lowest BCUT2D eigenvalue weighted by Gasteiger charge is -2.29. The highest BCUT2D eigenvalue weighted by Gasteiger charge is 2.29. The number of aliphatic hydroxyl groups excluding tert-OH is 2. The molecule has 0 saturated heterocycles. The van der Waals surface area contributed by atoms with E-state index in [9.17, 15) is 20.1 Å². The van der Waals surface area contributed by atoms with Crippen LogP contribution in [0.2, 0.25) is 0 Å². The van der Waals surface area contributed by atoms with E-state index in [0.717, 1.165) is 5.56 Å². The molecule has 0 heterocycles. The number of aryl methyl sites for hydroxylation is 1. The fraction of sp³-hybridized carbons (Fsp3) is 0.462. The molecule has 1 aromatic rings. The molecule has 0 aliphatic heterocycles. The topological polar surface area (TPSA) is 89.8 Å². The zero-order valence-corrected chi connectivity index (χ0v) is 10.6. The molecule has 0 saturated carbocycles. The number of phenols is 1. The number of nitrogens with one attached hydrogen (secondary N) is 1. The lowest BCUT2D eigenvalue weighted by atomic mass is 9.97. The number of benzene rings is 1. The number of amides is 1. The maximum atomic E-state index is 12.0. The van der Waals surface area contributed by atoms with Crippen LogP contribution in [0.3, 0.4) is 0 Å². The third-order valence-corrected chi connectivity index (χ3v) is 3.06. The van der Waals surface area contributed by atoms with Crippen LogP contribution < -0.4 is 5.32 Å². The second-order valence-corrected chi connectivity index (χ2v) is 4.42. The van der Waals surface area contributed by atoms with Crippen LogP contribution in [0, 0.1) is 6.92 Å². The number of hydrogen-bond donors (Lipinski definition) is 4. The van der Waals surface area contributed by atoms with Crippen LogP contribution in [0.1, 0.15) is 29.3 Å². The normalized spacial score (nSPS) is 11.3. The molecular formula is C13H19NO4. The predicted molar refractivity (Wildman–Crippen MR) is 67.5 cm³/mol. The predicted octanol–water partition coefficient (Wildman–Crippen LogP) is 0.564. The third-order valence-electron chi connectivity index (χ3n) is 3.06. The van der Waals surface area contributed by atoms with Gasteiger partial charge in [-0.2, -0.15) is 0 Å². The fourth-order valence-corrected chi connectivity index (χ4v) is 1.58. The number of carbonyl (C=O) groups excluding carboxylic acids is 1. The van der Waals surface area contributed by atoms with Crippen molar-refractivity contribution in [3.05, 3.63) is 29.3 Å². The Hall–Kier alpha value is -1.59. The minimum atomic E-state index is -1.06. The van der Waals surface area contributed by atoms with Gasteiger partial charge in [0.2, 0.25) is 0 Å². The molecule has 0 fully saturated rings. The molecule has 0 radical (unpaired) electrons. The quantitative estimate of drug-likeness (QED) is 0.617. The Morgan fingerprint density at radius 1 is 1.33 bits per heavy atom. The van der Waals surface area contributed by atoms with Gasteiger partial charge in [0.15, 0.2) is 0 Å². The average Bonchev–Trinajstić information content (AvgIpc) is 2.38. The summed E-state index contributed by atoms with van der Waals surface area (Å²) in [5.74, 6) is -0.639. The molecule has 0 unspecified atom stereocenters. The van der Waals surface area contributed by atoms with Gasteiger partial charge in [-0.1, -0.05) is 18.6 Å². The summed E-state index contributed by atoms with van der Waals surface area (Å²) in [5, 5.41) is 30.7. The van der Waals surface area contributed by atoms with Crippen molar-refractivity contribution in [2.24, 2.45) is 0 Å². The SMILES string of the molecule is CCC(CO)(CO)NC(=O)c1cc(C)ccc1O. The number of rotatable bonds is 5. The average molecular weight is 253 g/mol. The molecule has 1 aromatic carbocycles. The summed E-state index contributed by atoms with van der Waals surface area (Å²) in [6.45, 7) is 2.83. The van der Waals surface area contributed by atoms with E-state index in [0.29, 0.717) is 6.42 Å². The molecule has 0 atom stereocenters. The van der Waals surface area contributed by atoms with Crippen molar-refractivity contribution in [3.63, 3.8) is 0 Å². The van der Waals surface area contributed by atoms with Gasteiger partial charge in [-0.3, -0.25) is 4.79 Å². The van der Waals surface area contributed by atoms with E-state index in [1.54, 1.807) is 26.0 Å². The highest BCUT2D eigenvalue weighted by atomic mass is 16.3. The first-order chi connectivity index (χ1) is 8.48. The summed E-state index contributed by atoms with van der Waals surface area (Å²) in [5.41, 5.74) is -0.0874. The van der Waals surface area contributed by atoms with Gasteiger partial charge in [0.1, 0.15) is 5.75 Å². The van der Waals surface area contributed by atoms with Crippen molar-refractivity contribution in [1.29, 1.82) is 0 Å². The summed E-state index contributed by atoms with van der Waals surface area (Å²) >= 11 is 0. The Bertz CT molecular complexity index is 419. The Labute approximate surface area is 106 Å². The molecule has 1 amide bonds. The number of hydrogen-bond acceptors (Lipinski definition) is 4. The van der Waals surface area contributed by atoms with E-state index in [-0.39, 0.29) is 24.5 Å². The zero-order valence-electron chi connectivity index (χ0n) is 10.6. The molecule has 100 valence electrons. The number of aromatic hydroxyl groups is 1. The molecular weight excluding hydrogens is 234 g/mol. The van der Waals surface area contributed by atoms with Crippen molar-refractivity contribution in [2.75, 3.05) is 13.2 Å². The van der Waals surface area contributed by atoms with Crippen LogP contribution in [0.5, 0.6) is 5.75 Å². The van der Waals surface area contributed by atoms with Gasteiger partial charge >= 0.3 is 0 Å². The number of phenolic OH excluding ortho intramolecular Hbond substituents is 1. The standard InChI is InChI=1S/C13H19NO4/c1-3-13(7-15,8-16)14-12(18)10-6-9(2)4-5-11(10)17/h4-6,15-17H,3,7-8H2,1-2H3,(H,14,18). The fourth-order valence-electron chi connectivity index (χ4n) is 1.58. The highest BCUT2D eigenvalue weighted by molar-refractivity contribution is 5.97. The van der Waals surface area contributed by atoms with Gasteiger partial charge in [0.05, 0.1) is 24.3 Å². The Morgan fingerprint density at radius 3 is 2.44 bits per heavy atom. The summed E-state index contributed by atoms with van der Waals surface area (Å²) < 4.78 is 0. The minimum absolute atomic E-state index is 0.126. The van der Waals surface area contributed by atoms with E-state index in [1.807, 2.05) is 0 Å². The maximum Gasteiger partial charge on any atom is 0.255 e. The van der Waals surface area contributed by atoms with Gasteiger partial charge < -0.3 is 20.6 Å². The maximum absolute atomic E-state index is 12.0. The van der Waals surface area contributed by atoms with Gasteiger partial charge in [-0.15, -0.1) is 0 Å². The largest absolute Gasteiger partial charge is 0.507 e. The van der Waals surface area contributed by atoms with Crippen LogP contribution in [-0.4, -0.2) is 40.0 Å². The zero-order chi connectivity index (χ0) is 13.8. The van der Waals surface area contributed by atoms with E-state index in [4.69, 9.17) is 0 Å². The molecule has 0 aliphatic carbocycles. The lowest BCUT2D eigenvalue weighted by Crippen LogP contribution is -2.53. The molecule has 5 nitrogen and oxygen atoms in total. The summed E-state index contributed by atoms with van der Waals surface area (Å²) in [7, 11) is 0. The van der Waals surface area contributed by atoms with Crippen LogP contribution in [0.25, 0.3) is 0 Å². The number of carbonyl (C=O) groups is 1. The van der Waals surface area contributed by atoms with Crippen molar-refractivity contribution < 1.29 is 20.1 Å². The first kappa shape index (κ1) is 14.5. The molecule has 0 bridgehead atoms. The molecule has 0 spiro atoms. The van der Waals surface area contributed by atoms with Crippen molar-refractivity contribution in [2.45, 2.75) is 25.8 Å². The second kappa shape index (κ2) is 5.84. The van der Waals surface area contributed by atoms with Gasteiger partial charge in [0.25, 0.3) is 5.91 Å². The Balaban J connectivity index is 2.97. The Kier molecular flexibility index (Phi) is 4.69. The van der Waals surface area contributed by atoms with Crippen molar-refractivity contribution in [1.82, 2.24) is 5.32 Å². The van der Waals surface area contributed by atoms with Crippen LogP contribution >= 0.6 is 0 Å².